The molecule has 0 aliphatic rings. The second kappa shape index (κ2) is 18.1. The van der Waals surface area contributed by atoms with Crippen molar-refractivity contribution in [1.29, 1.82) is 0 Å². The molecule has 0 bridgehead atoms. The largest absolute Gasteiger partial charge is 0.489 e. The topological polar surface area (TPSA) is 102 Å². The lowest BCUT2D eigenvalue weighted by molar-refractivity contribution is -0.144. The molecule has 0 heterocycles. The van der Waals surface area contributed by atoms with E-state index in [1.165, 1.54) is 40.3 Å². The molecule has 0 radical (unpaired) electrons. The van der Waals surface area contributed by atoms with E-state index in [4.69, 9.17) is 39.6 Å². The minimum atomic E-state index is -3.59. The number of hydrogen-bond donors (Lipinski definition) is 1. The van der Waals surface area contributed by atoms with Gasteiger partial charge in [-0.05, 0) is 87.6 Å². The van der Waals surface area contributed by atoms with Crippen LogP contribution in [0, 0.1) is 0 Å². The highest BCUT2D eigenvalue weighted by molar-refractivity contribution is 7.99. The summed E-state index contributed by atoms with van der Waals surface area (Å²) in [6.07, 6.45) is 1.30. The lowest BCUT2D eigenvalue weighted by Crippen LogP contribution is -2.57. The summed E-state index contributed by atoms with van der Waals surface area (Å²) in [4.78, 5) is 15.0. The molecule has 9 nitrogen and oxygen atoms in total. The molecular weight excluding hydrogens is 661 g/mol. The fraction of sp³-hybridized carbons (Fsp3) is 0.400. The fourth-order valence-corrected chi connectivity index (χ4v) is 6.83. The number of amides is 1. The summed E-state index contributed by atoms with van der Waals surface area (Å²) in [5.41, 5.74) is -0.0227. The number of methoxy groups -OCH3 is 2. The van der Waals surface area contributed by atoms with Crippen molar-refractivity contribution in [2.24, 2.45) is 0 Å². The molecule has 0 aromatic heterocycles. The molecule has 256 valence electrons. The average molecular weight is 706 g/mol. The van der Waals surface area contributed by atoms with Crippen molar-refractivity contribution in [2.75, 3.05) is 28.4 Å². The van der Waals surface area contributed by atoms with Crippen molar-refractivity contribution in [2.45, 2.75) is 73.9 Å². The first-order valence-corrected chi connectivity index (χ1v) is 17.9. The van der Waals surface area contributed by atoms with E-state index in [9.17, 15) is 9.36 Å². The number of rotatable bonds is 17. The first kappa shape index (κ1) is 38.6. The van der Waals surface area contributed by atoms with Crippen LogP contribution in [-0.4, -0.2) is 52.0 Å². The normalized spacial score (nSPS) is 13.5. The van der Waals surface area contributed by atoms with Crippen LogP contribution in [0.25, 0.3) is 0 Å². The van der Waals surface area contributed by atoms with Crippen molar-refractivity contribution in [3.63, 3.8) is 0 Å². The van der Waals surface area contributed by atoms with Crippen LogP contribution >= 0.6 is 31.0 Å². The van der Waals surface area contributed by atoms with Crippen LogP contribution in [0.5, 0.6) is 5.75 Å². The van der Waals surface area contributed by atoms with Gasteiger partial charge in [-0.3, -0.25) is 4.57 Å². The van der Waals surface area contributed by atoms with Gasteiger partial charge in [0.2, 0.25) is 0 Å². The summed E-state index contributed by atoms with van der Waals surface area (Å²) in [7, 11) is 1.88. The van der Waals surface area contributed by atoms with E-state index in [0.29, 0.717) is 30.9 Å². The average Bonchev–Trinajstić information content (AvgIpc) is 3.04. The lowest BCUT2D eigenvalue weighted by atomic mass is 9.90. The van der Waals surface area contributed by atoms with Crippen LogP contribution in [-0.2, 0) is 40.9 Å². The molecule has 0 saturated heterocycles. The van der Waals surface area contributed by atoms with Crippen molar-refractivity contribution in [3.05, 3.63) is 101 Å². The molecule has 0 aliphatic heterocycles. The summed E-state index contributed by atoms with van der Waals surface area (Å²) in [5.74, 6) is 2.08. The molecule has 1 N–H and O–H groups in total. The summed E-state index contributed by atoms with van der Waals surface area (Å²) >= 11 is 8.36. The Hall–Kier alpha value is -2.82. The van der Waals surface area contributed by atoms with Crippen LogP contribution in [0.2, 0.25) is 5.02 Å². The maximum atomic E-state index is 13.0. The Bertz CT molecular complexity index is 1500. The Morgan fingerprint density at radius 3 is 2.23 bits per heavy atom. The van der Waals surface area contributed by atoms with E-state index in [1.54, 1.807) is 32.5 Å². The zero-order valence-electron chi connectivity index (χ0n) is 28.0. The van der Waals surface area contributed by atoms with Gasteiger partial charge >= 0.3 is 13.7 Å². The zero-order valence-corrected chi connectivity index (χ0v) is 30.5. The predicted octanol–water partition coefficient (Wildman–Crippen LogP) is 9.27. The summed E-state index contributed by atoms with van der Waals surface area (Å²) in [6.45, 7) is 5.78. The highest BCUT2D eigenvalue weighted by atomic mass is 35.5. The minimum absolute atomic E-state index is 0.311. The Kier molecular flexibility index (Phi) is 14.9. The molecule has 0 saturated carbocycles. The number of carbonyl (C=O) groups excluding carboxylic acids is 1. The van der Waals surface area contributed by atoms with Crippen molar-refractivity contribution >= 4 is 37.1 Å². The number of carbonyl (C=O) groups is 1. The van der Waals surface area contributed by atoms with Gasteiger partial charge in [-0.1, -0.05) is 65.8 Å². The van der Waals surface area contributed by atoms with E-state index in [-0.39, 0.29) is 0 Å². The summed E-state index contributed by atoms with van der Waals surface area (Å²) in [6, 6.07) is 23.9. The molecule has 12 heteroatoms. The Balaban J connectivity index is 1.76. The number of benzene rings is 3. The van der Waals surface area contributed by atoms with Gasteiger partial charge in [0.15, 0.2) is 6.29 Å². The third-order valence-corrected chi connectivity index (χ3v) is 9.86. The fourth-order valence-electron chi connectivity index (χ4n) is 4.74. The molecular formula is C35H45ClNO8PS. The predicted molar refractivity (Wildman–Crippen MR) is 186 cm³/mol. The third-order valence-electron chi connectivity index (χ3n) is 7.00. The maximum Gasteiger partial charge on any atom is 0.408 e. The van der Waals surface area contributed by atoms with E-state index >= 15 is 0 Å². The second-order valence-electron chi connectivity index (χ2n) is 11.6. The Morgan fingerprint density at radius 2 is 1.62 bits per heavy atom. The van der Waals surface area contributed by atoms with E-state index in [1.807, 2.05) is 72.8 Å². The molecule has 0 spiro atoms. The van der Waals surface area contributed by atoms with Gasteiger partial charge in [-0.2, -0.15) is 0 Å². The minimum Gasteiger partial charge on any atom is -0.489 e. The van der Waals surface area contributed by atoms with Crippen molar-refractivity contribution in [3.8, 4) is 5.75 Å². The smallest absolute Gasteiger partial charge is 0.408 e. The number of halogens is 1. The van der Waals surface area contributed by atoms with Gasteiger partial charge < -0.3 is 33.3 Å². The molecule has 1 atom stereocenters. The van der Waals surface area contributed by atoms with Crippen LogP contribution < -0.4 is 10.1 Å². The number of aryl methyl sites for hydroxylation is 1. The highest BCUT2D eigenvalue weighted by Crippen LogP contribution is 2.49. The Labute approximate surface area is 287 Å². The van der Waals surface area contributed by atoms with Crippen LogP contribution in [0.1, 0.15) is 44.7 Å². The first-order valence-electron chi connectivity index (χ1n) is 15.1. The molecule has 3 aromatic rings. The zero-order chi connectivity index (χ0) is 34.5. The van der Waals surface area contributed by atoms with Crippen molar-refractivity contribution in [1.82, 2.24) is 5.32 Å². The SMILES string of the molecule is COC(OC)C(C=CP(=O)(OC)OC)(CCCc1ccc(Sc2cccc(OCc3ccccc3)c2)cc1Cl)NC(=O)OC(C)(C)C. The van der Waals surface area contributed by atoms with E-state index < -0.39 is 31.1 Å². The van der Waals surface area contributed by atoms with Gasteiger partial charge in [0.1, 0.15) is 23.5 Å². The van der Waals surface area contributed by atoms with Gasteiger partial charge in [0, 0.05) is 49.1 Å². The molecule has 0 aliphatic carbocycles. The second-order valence-corrected chi connectivity index (χ2v) is 15.3. The first-order chi connectivity index (χ1) is 22.3. The van der Waals surface area contributed by atoms with E-state index in [0.717, 1.165) is 26.7 Å². The molecule has 1 amide bonds. The maximum absolute atomic E-state index is 13.0. The number of hydrogen-bond acceptors (Lipinski definition) is 9. The molecule has 3 rings (SSSR count). The summed E-state index contributed by atoms with van der Waals surface area (Å²) < 4.78 is 45.9. The van der Waals surface area contributed by atoms with Gasteiger partial charge in [0.25, 0.3) is 0 Å². The third kappa shape index (κ3) is 12.3. The Morgan fingerprint density at radius 1 is 0.936 bits per heavy atom. The highest BCUT2D eigenvalue weighted by Gasteiger charge is 2.41. The molecule has 3 aromatic carbocycles. The van der Waals surface area contributed by atoms with Crippen LogP contribution in [0.3, 0.4) is 0 Å². The summed E-state index contributed by atoms with van der Waals surface area (Å²) in [5, 5.41) is 3.51. The lowest BCUT2D eigenvalue weighted by Gasteiger charge is -2.38. The molecule has 0 fully saturated rings. The van der Waals surface area contributed by atoms with E-state index in [2.05, 4.69) is 5.32 Å². The van der Waals surface area contributed by atoms with Gasteiger partial charge in [-0.25, -0.2) is 4.79 Å². The van der Waals surface area contributed by atoms with Gasteiger partial charge in [0.05, 0.1) is 0 Å². The van der Waals surface area contributed by atoms with Crippen LogP contribution in [0.4, 0.5) is 4.79 Å². The standard InChI is InChI=1S/C35H45ClNO8PS/c1-34(2,3)45-33(38)37-35(32(40-4)41-5,21-22-46(39,42-6)43-7)20-12-15-27-18-19-30(24-31(27)36)47-29-17-11-16-28(23-29)44-25-26-13-9-8-10-14-26/h8-11,13-14,16-19,21-24,32H,12,15,20,25H2,1-7H3,(H,37,38). The monoisotopic (exact) mass is 705 g/mol. The number of ether oxygens (including phenoxy) is 4. The number of alkyl carbamates (subject to hydrolysis) is 1. The van der Waals surface area contributed by atoms with Crippen LogP contribution in [0.15, 0.2) is 94.5 Å². The van der Waals surface area contributed by atoms with Gasteiger partial charge in [-0.15, -0.1) is 0 Å². The quantitative estimate of drug-likeness (QED) is 0.109. The molecule has 1 unspecified atom stereocenters. The molecule has 47 heavy (non-hydrogen) atoms. The number of nitrogens with one attached hydrogen (secondary N) is 1. The van der Waals surface area contributed by atoms with Crippen molar-refractivity contribution < 1.29 is 37.4 Å².